The number of nitrogens with zero attached hydrogens (tertiary/aromatic N) is 4. The molecule has 32 heavy (non-hydrogen) atoms. The molecule has 0 radical (unpaired) electrons. The van der Waals surface area contributed by atoms with Gasteiger partial charge in [-0.05, 0) is 25.0 Å². The first-order valence-corrected chi connectivity index (χ1v) is 10.5. The van der Waals surface area contributed by atoms with Crippen LogP contribution in [0.4, 0.5) is 0 Å². The highest BCUT2D eigenvalue weighted by molar-refractivity contribution is 5.79. The summed E-state index contributed by atoms with van der Waals surface area (Å²) in [7, 11) is 0. The van der Waals surface area contributed by atoms with Gasteiger partial charge in [-0.15, -0.1) is 0 Å². The molecule has 0 bridgehead atoms. The SMILES string of the molecule is O=C(Cn1c(=O)[nH]c2ccccc2c1=O)N1CCC(c2nc(-c3ccccc3)no2)CC1. The summed E-state index contributed by atoms with van der Waals surface area (Å²) in [5, 5.41) is 4.45. The number of aromatic amines is 1. The van der Waals surface area contributed by atoms with Crippen LogP contribution in [0.1, 0.15) is 24.7 Å². The molecular weight excluding hydrogens is 410 g/mol. The molecule has 0 unspecified atom stereocenters. The largest absolute Gasteiger partial charge is 0.341 e. The highest BCUT2D eigenvalue weighted by Gasteiger charge is 2.28. The van der Waals surface area contributed by atoms with Crippen LogP contribution in [0.3, 0.4) is 0 Å². The fourth-order valence-electron chi connectivity index (χ4n) is 4.06. The molecule has 3 heterocycles. The number of fused-ring (bicyclic) bond motifs is 1. The number of likely N-dealkylation sites (tertiary alicyclic amines) is 1. The molecule has 4 aromatic rings. The molecule has 162 valence electrons. The number of carbonyl (C=O) groups is 1. The van der Waals surface area contributed by atoms with Crippen molar-refractivity contribution in [2.45, 2.75) is 25.3 Å². The second-order valence-corrected chi connectivity index (χ2v) is 7.84. The van der Waals surface area contributed by atoms with Crippen LogP contribution in [0, 0.1) is 0 Å². The smallest absolute Gasteiger partial charge is 0.329 e. The van der Waals surface area contributed by atoms with Crippen molar-refractivity contribution in [3.05, 3.63) is 81.3 Å². The Morgan fingerprint density at radius 1 is 1.03 bits per heavy atom. The Kier molecular flexibility index (Phi) is 5.14. The van der Waals surface area contributed by atoms with Crippen LogP contribution in [-0.2, 0) is 11.3 Å². The second kappa shape index (κ2) is 8.26. The van der Waals surface area contributed by atoms with Crippen LogP contribution in [0.2, 0.25) is 0 Å². The van der Waals surface area contributed by atoms with Gasteiger partial charge in [-0.1, -0.05) is 47.6 Å². The summed E-state index contributed by atoms with van der Waals surface area (Å²) in [6.07, 6.45) is 1.34. The van der Waals surface area contributed by atoms with Crippen LogP contribution >= 0.6 is 0 Å². The summed E-state index contributed by atoms with van der Waals surface area (Å²) in [6.45, 7) is 0.696. The number of benzene rings is 2. The predicted molar refractivity (Wildman–Crippen MR) is 117 cm³/mol. The number of H-pyrrole nitrogens is 1. The lowest BCUT2D eigenvalue weighted by Crippen LogP contribution is -2.44. The quantitative estimate of drug-likeness (QED) is 0.530. The fourth-order valence-corrected chi connectivity index (χ4v) is 4.06. The topological polar surface area (TPSA) is 114 Å². The van der Waals surface area contributed by atoms with Crippen LogP contribution in [-0.4, -0.2) is 43.6 Å². The molecule has 5 rings (SSSR count). The Bertz CT molecular complexity index is 1380. The van der Waals surface area contributed by atoms with E-state index < -0.39 is 11.2 Å². The minimum absolute atomic E-state index is 0.0656. The Hall–Kier alpha value is -4.01. The number of para-hydroxylation sites is 1. The third kappa shape index (κ3) is 3.73. The van der Waals surface area contributed by atoms with Gasteiger partial charge < -0.3 is 14.4 Å². The number of piperidine rings is 1. The molecule has 1 amide bonds. The van der Waals surface area contributed by atoms with Crippen LogP contribution in [0.25, 0.3) is 22.3 Å². The van der Waals surface area contributed by atoms with Crippen LogP contribution in [0.5, 0.6) is 0 Å². The van der Waals surface area contributed by atoms with Crippen molar-refractivity contribution in [3.8, 4) is 11.4 Å². The molecule has 0 atom stereocenters. The standard InChI is InChI=1S/C23H21N5O4/c29-19(14-28-22(30)17-8-4-5-9-18(17)24-23(28)31)27-12-10-16(11-13-27)21-25-20(26-32-21)15-6-2-1-3-7-15/h1-9,16H,10-14H2,(H,24,31). The molecule has 0 aliphatic carbocycles. The average molecular weight is 431 g/mol. The number of aromatic nitrogens is 4. The van der Waals surface area contributed by atoms with Crippen molar-refractivity contribution in [2.24, 2.45) is 0 Å². The third-order valence-corrected chi connectivity index (χ3v) is 5.85. The van der Waals surface area contributed by atoms with E-state index in [9.17, 15) is 14.4 Å². The average Bonchev–Trinajstić information content (AvgIpc) is 3.33. The van der Waals surface area contributed by atoms with E-state index in [0.29, 0.717) is 48.5 Å². The molecule has 2 aromatic heterocycles. The highest BCUT2D eigenvalue weighted by Crippen LogP contribution is 2.28. The van der Waals surface area contributed by atoms with Crippen molar-refractivity contribution in [2.75, 3.05) is 13.1 Å². The monoisotopic (exact) mass is 431 g/mol. The molecule has 0 saturated carbocycles. The third-order valence-electron chi connectivity index (χ3n) is 5.85. The van der Waals surface area contributed by atoms with Gasteiger partial charge >= 0.3 is 5.69 Å². The predicted octanol–water partition coefficient (Wildman–Crippen LogP) is 2.15. The minimum atomic E-state index is -0.587. The zero-order valence-corrected chi connectivity index (χ0v) is 17.2. The first kappa shape index (κ1) is 19.9. The zero-order valence-electron chi connectivity index (χ0n) is 17.2. The number of amides is 1. The lowest BCUT2D eigenvalue weighted by molar-refractivity contribution is -0.133. The number of rotatable bonds is 4. The molecule has 2 aromatic carbocycles. The van der Waals surface area contributed by atoms with Crippen LogP contribution < -0.4 is 11.2 Å². The van der Waals surface area contributed by atoms with E-state index in [4.69, 9.17) is 4.52 Å². The van der Waals surface area contributed by atoms with Gasteiger partial charge in [-0.25, -0.2) is 4.79 Å². The lowest BCUT2D eigenvalue weighted by atomic mass is 9.96. The number of hydrogen-bond donors (Lipinski definition) is 1. The minimum Gasteiger partial charge on any atom is -0.341 e. The number of carbonyl (C=O) groups excluding carboxylic acids is 1. The summed E-state index contributed by atoms with van der Waals surface area (Å²) < 4.78 is 6.43. The normalized spacial score (nSPS) is 14.7. The fraction of sp³-hybridized carbons (Fsp3) is 0.261. The maximum atomic E-state index is 12.8. The number of hydrogen-bond acceptors (Lipinski definition) is 6. The highest BCUT2D eigenvalue weighted by atomic mass is 16.5. The zero-order chi connectivity index (χ0) is 22.1. The van der Waals surface area contributed by atoms with Gasteiger partial charge in [-0.2, -0.15) is 4.98 Å². The number of nitrogens with one attached hydrogen (secondary N) is 1. The Labute approximate surface area is 182 Å². The van der Waals surface area contributed by atoms with E-state index in [1.165, 1.54) is 0 Å². The van der Waals surface area contributed by atoms with Gasteiger partial charge in [0.1, 0.15) is 6.54 Å². The molecule has 1 aliphatic rings. The first-order valence-electron chi connectivity index (χ1n) is 10.5. The van der Waals surface area contributed by atoms with Crippen molar-refractivity contribution < 1.29 is 9.32 Å². The van der Waals surface area contributed by atoms with E-state index in [2.05, 4.69) is 15.1 Å². The Balaban J connectivity index is 1.26. The summed E-state index contributed by atoms with van der Waals surface area (Å²) >= 11 is 0. The van der Waals surface area contributed by atoms with Gasteiger partial charge in [0.2, 0.25) is 17.6 Å². The van der Waals surface area contributed by atoms with Gasteiger partial charge in [0, 0.05) is 24.6 Å². The summed E-state index contributed by atoms with van der Waals surface area (Å²) in [5.41, 5.74) is 0.297. The molecule has 9 nitrogen and oxygen atoms in total. The Morgan fingerprint density at radius 3 is 2.53 bits per heavy atom. The van der Waals surface area contributed by atoms with Gasteiger partial charge in [0.05, 0.1) is 10.9 Å². The van der Waals surface area contributed by atoms with Crippen LogP contribution in [0.15, 0.2) is 68.7 Å². The summed E-state index contributed by atoms with van der Waals surface area (Å²) in [5.74, 6) is 0.921. The van der Waals surface area contributed by atoms with Crippen molar-refractivity contribution in [1.82, 2.24) is 24.6 Å². The van der Waals surface area contributed by atoms with E-state index in [1.807, 2.05) is 30.3 Å². The van der Waals surface area contributed by atoms with Crippen molar-refractivity contribution >= 4 is 16.8 Å². The summed E-state index contributed by atoms with van der Waals surface area (Å²) in [4.78, 5) is 46.7. The van der Waals surface area contributed by atoms with Gasteiger partial charge in [0.15, 0.2) is 0 Å². The lowest BCUT2D eigenvalue weighted by Gasteiger charge is -2.30. The van der Waals surface area contributed by atoms with E-state index in [-0.39, 0.29) is 18.4 Å². The summed E-state index contributed by atoms with van der Waals surface area (Å²) in [6, 6.07) is 16.4. The molecule has 1 saturated heterocycles. The van der Waals surface area contributed by atoms with Gasteiger partial charge in [0.25, 0.3) is 5.56 Å². The molecule has 1 fully saturated rings. The molecule has 9 heteroatoms. The van der Waals surface area contributed by atoms with E-state index in [1.54, 1.807) is 29.2 Å². The van der Waals surface area contributed by atoms with E-state index in [0.717, 1.165) is 10.1 Å². The van der Waals surface area contributed by atoms with Crippen molar-refractivity contribution in [3.63, 3.8) is 0 Å². The van der Waals surface area contributed by atoms with Crippen molar-refractivity contribution in [1.29, 1.82) is 0 Å². The maximum Gasteiger partial charge on any atom is 0.329 e. The van der Waals surface area contributed by atoms with Gasteiger partial charge in [-0.3, -0.25) is 14.2 Å². The molecule has 1 N–H and O–H groups in total. The molecular formula is C23H21N5O4. The Morgan fingerprint density at radius 2 is 1.75 bits per heavy atom. The second-order valence-electron chi connectivity index (χ2n) is 7.84. The van der Waals surface area contributed by atoms with E-state index >= 15 is 0 Å². The molecule has 0 spiro atoms. The molecule has 1 aliphatic heterocycles. The first-order chi connectivity index (χ1) is 15.6. The maximum absolute atomic E-state index is 12.8.